The molecule has 0 unspecified atom stereocenters. The Morgan fingerprint density at radius 3 is 2.68 bits per heavy atom. The molecule has 1 heterocycles. The molecule has 1 aromatic heterocycles. The number of fused-ring (bicyclic) bond motifs is 1. The molecule has 0 aliphatic heterocycles. The highest BCUT2D eigenvalue weighted by Gasteiger charge is 2.25. The fraction of sp³-hybridized carbons (Fsp3) is 0.391. The minimum absolute atomic E-state index is 0.00213. The minimum Gasteiger partial charge on any atom is -0.490 e. The van der Waals surface area contributed by atoms with Crippen LogP contribution in [0.3, 0.4) is 0 Å². The van der Waals surface area contributed by atoms with Crippen LogP contribution in [0.4, 0.5) is 0 Å². The van der Waals surface area contributed by atoms with E-state index in [0.717, 1.165) is 54.7 Å². The van der Waals surface area contributed by atoms with E-state index < -0.39 is 0 Å². The standard InChI is InChI=1S/C23H27N3O2/c1-15-4-3-5-16(12-15)13-22-25-20-14-19(10-11-21(20)26(22)2)28-18-8-6-17(7-9-18)23(24)27/h3-5,10-12,14,17-18H,6-9,13H2,1-2H3,(H2,24,27)/t17-,18+. The number of carbonyl (C=O) groups excluding carboxylic acids is 1. The van der Waals surface area contributed by atoms with Gasteiger partial charge in [0.05, 0.1) is 17.1 Å². The zero-order chi connectivity index (χ0) is 19.7. The predicted octanol–water partition coefficient (Wildman–Crippen LogP) is 3.90. The summed E-state index contributed by atoms with van der Waals surface area (Å²) in [7, 11) is 2.06. The van der Waals surface area contributed by atoms with E-state index in [4.69, 9.17) is 15.5 Å². The first-order valence-corrected chi connectivity index (χ1v) is 9.96. The quantitative estimate of drug-likeness (QED) is 0.733. The van der Waals surface area contributed by atoms with Crippen molar-refractivity contribution in [3.8, 4) is 5.75 Å². The number of aromatic nitrogens is 2. The number of aryl methyl sites for hydroxylation is 2. The van der Waals surface area contributed by atoms with Crippen LogP contribution in [-0.2, 0) is 18.3 Å². The smallest absolute Gasteiger partial charge is 0.220 e. The molecule has 0 bridgehead atoms. The third-order valence-electron chi connectivity index (χ3n) is 5.77. The van der Waals surface area contributed by atoms with Crippen molar-refractivity contribution in [3.63, 3.8) is 0 Å². The van der Waals surface area contributed by atoms with Crippen molar-refractivity contribution in [1.82, 2.24) is 9.55 Å². The number of nitrogens with two attached hydrogens (primary N) is 1. The predicted molar refractivity (Wildman–Crippen MR) is 110 cm³/mol. The fourth-order valence-corrected chi connectivity index (χ4v) is 4.12. The van der Waals surface area contributed by atoms with Gasteiger partial charge in [0, 0.05) is 25.5 Å². The van der Waals surface area contributed by atoms with E-state index in [-0.39, 0.29) is 17.9 Å². The van der Waals surface area contributed by atoms with Crippen molar-refractivity contribution >= 4 is 16.9 Å². The second kappa shape index (κ2) is 7.66. The Morgan fingerprint density at radius 1 is 1.18 bits per heavy atom. The van der Waals surface area contributed by atoms with Crippen LogP contribution >= 0.6 is 0 Å². The average Bonchev–Trinajstić information content (AvgIpc) is 2.97. The zero-order valence-electron chi connectivity index (χ0n) is 16.5. The molecule has 0 radical (unpaired) electrons. The highest BCUT2D eigenvalue weighted by atomic mass is 16.5. The third-order valence-corrected chi connectivity index (χ3v) is 5.77. The Morgan fingerprint density at radius 2 is 1.96 bits per heavy atom. The molecule has 1 saturated carbocycles. The van der Waals surface area contributed by atoms with E-state index in [9.17, 15) is 4.79 Å². The van der Waals surface area contributed by atoms with Crippen molar-refractivity contribution in [2.45, 2.75) is 45.1 Å². The summed E-state index contributed by atoms with van der Waals surface area (Å²) in [5.74, 6) is 1.70. The van der Waals surface area contributed by atoms with Crippen LogP contribution in [0.15, 0.2) is 42.5 Å². The molecule has 1 aliphatic rings. The fourth-order valence-electron chi connectivity index (χ4n) is 4.12. The van der Waals surface area contributed by atoms with Crippen LogP contribution < -0.4 is 10.5 Å². The lowest BCUT2D eigenvalue weighted by atomic mass is 9.87. The molecule has 146 valence electrons. The van der Waals surface area contributed by atoms with Crippen LogP contribution in [-0.4, -0.2) is 21.6 Å². The Balaban J connectivity index is 1.49. The number of primary amides is 1. The van der Waals surface area contributed by atoms with Gasteiger partial charge in [-0.1, -0.05) is 29.8 Å². The molecule has 1 fully saturated rings. The maximum Gasteiger partial charge on any atom is 0.220 e. The van der Waals surface area contributed by atoms with E-state index in [1.165, 1.54) is 11.1 Å². The molecule has 1 aliphatic carbocycles. The van der Waals surface area contributed by atoms with Crippen LogP contribution in [0.2, 0.25) is 0 Å². The van der Waals surface area contributed by atoms with Crippen LogP contribution in [0, 0.1) is 12.8 Å². The van der Waals surface area contributed by atoms with E-state index in [1.807, 2.05) is 12.1 Å². The van der Waals surface area contributed by atoms with E-state index in [0.29, 0.717) is 0 Å². The van der Waals surface area contributed by atoms with Gasteiger partial charge >= 0.3 is 0 Å². The van der Waals surface area contributed by atoms with Crippen molar-refractivity contribution in [3.05, 3.63) is 59.4 Å². The second-order valence-electron chi connectivity index (χ2n) is 7.90. The molecule has 5 nitrogen and oxygen atoms in total. The van der Waals surface area contributed by atoms with Gasteiger partial charge in [-0.3, -0.25) is 4.79 Å². The maximum absolute atomic E-state index is 11.3. The van der Waals surface area contributed by atoms with Crippen LogP contribution in [0.1, 0.15) is 42.6 Å². The lowest BCUT2D eigenvalue weighted by Crippen LogP contribution is -2.31. The highest BCUT2D eigenvalue weighted by Crippen LogP contribution is 2.29. The second-order valence-corrected chi connectivity index (χ2v) is 7.90. The molecular formula is C23H27N3O2. The largest absolute Gasteiger partial charge is 0.490 e. The number of ether oxygens (including phenoxy) is 1. The zero-order valence-corrected chi connectivity index (χ0v) is 16.5. The number of hydrogen-bond donors (Lipinski definition) is 1. The molecule has 3 aromatic rings. The maximum atomic E-state index is 11.3. The summed E-state index contributed by atoms with van der Waals surface area (Å²) in [6.45, 7) is 2.11. The first kappa shape index (κ1) is 18.5. The summed E-state index contributed by atoms with van der Waals surface area (Å²) in [6, 6.07) is 14.7. The Labute approximate surface area is 165 Å². The topological polar surface area (TPSA) is 70.1 Å². The van der Waals surface area contributed by atoms with Gasteiger partial charge in [-0.25, -0.2) is 4.98 Å². The van der Waals surface area contributed by atoms with Crippen LogP contribution in [0.5, 0.6) is 5.75 Å². The SMILES string of the molecule is Cc1cccc(Cc2nc3cc(O[C@H]4CC[C@@H](C(N)=O)CC4)ccc3n2C)c1. The minimum atomic E-state index is -0.186. The highest BCUT2D eigenvalue weighted by molar-refractivity contribution is 5.78. The molecule has 0 atom stereocenters. The molecule has 0 saturated heterocycles. The first-order chi connectivity index (χ1) is 13.5. The Kier molecular flexibility index (Phi) is 5.07. The molecule has 0 spiro atoms. The van der Waals surface area contributed by atoms with Gasteiger partial charge in [-0.15, -0.1) is 0 Å². The van der Waals surface area contributed by atoms with Crippen molar-refractivity contribution in [2.75, 3.05) is 0 Å². The van der Waals surface area contributed by atoms with Gasteiger partial charge in [0.2, 0.25) is 5.91 Å². The van der Waals surface area contributed by atoms with Gasteiger partial charge in [0.25, 0.3) is 0 Å². The van der Waals surface area contributed by atoms with Gasteiger partial charge in [-0.2, -0.15) is 0 Å². The number of amides is 1. The number of imidazole rings is 1. The Bertz CT molecular complexity index is 1000. The van der Waals surface area contributed by atoms with Crippen LogP contribution in [0.25, 0.3) is 11.0 Å². The Hall–Kier alpha value is -2.82. The summed E-state index contributed by atoms with van der Waals surface area (Å²) < 4.78 is 8.33. The lowest BCUT2D eigenvalue weighted by molar-refractivity contribution is -0.123. The molecule has 4 rings (SSSR count). The number of hydrogen-bond acceptors (Lipinski definition) is 3. The van der Waals surface area contributed by atoms with Gasteiger partial charge in [-0.05, 0) is 50.3 Å². The van der Waals surface area contributed by atoms with Crippen molar-refractivity contribution < 1.29 is 9.53 Å². The normalized spacial score (nSPS) is 19.6. The lowest BCUT2D eigenvalue weighted by Gasteiger charge is -2.27. The molecular weight excluding hydrogens is 350 g/mol. The monoisotopic (exact) mass is 377 g/mol. The molecule has 2 aromatic carbocycles. The third kappa shape index (κ3) is 3.88. The first-order valence-electron chi connectivity index (χ1n) is 9.96. The van der Waals surface area contributed by atoms with E-state index in [2.05, 4.69) is 48.9 Å². The van der Waals surface area contributed by atoms with Gasteiger partial charge in [0.15, 0.2) is 0 Å². The molecule has 2 N–H and O–H groups in total. The number of rotatable bonds is 5. The number of benzene rings is 2. The molecule has 1 amide bonds. The summed E-state index contributed by atoms with van der Waals surface area (Å²) in [4.78, 5) is 16.2. The molecule has 5 heteroatoms. The van der Waals surface area contributed by atoms with Crippen molar-refractivity contribution in [1.29, 1.82) is 0 Å². The van der Waals surface area contributed by atoms with E-state index >= 15 is 0 Å². The van der Waals surface area contributed by atoms with Crippen molar-refractivity contribution in [2.24, 2.45) is 18.7 Å². The van der Waals surface area contributed by atoms with E-state index in [1.54, 1.807) is 0 Å². The molecule has 28 heavy (non-hydrogen) atoms. The number of carbonyl (C=O) groups is 1. The summed E-state index contributed by atoms with van der Waals surface area (Å²) >= 11 is 0. The van der Waals surface area contributed by atoms with Gasteiger partial charge in [0.1, 0.15) is 11.6 Å². The van der Waals surface area contributed by atoms with Gasteiger partial charge < -0.3 is 15.0 Å². The summed E-state index contributed by atoms with van der Waals surface area (Å²) in [6.07, 6.45) is 4.31. The number of nitrogens with zero attached hydrogens (tertiary/aromatic N) is 2. The average molecular weight is 377 g/mol. The summed E-state index contributed by atoms with van der Waals surface area (Å²) in [5.41, 5.74) is 10.0. The summed E-state index contributed by atoms with van der Waals surface area (Å²) in [5, 5.41) is 0.